The lowest BCUT2D eigenvalue weighted by molar-refractivity contribution is -0.153. The second-order valence-electron chi connectivity index (χ2n) is 8.57. The fourth-order valence-electron chi connectivity index (χ4n) is 4.30. The molecule has 1 atom stereocenters. The zero-order valence-electron chi connectivity index (χ0n) is 18.8. The number of nitriles is 1. The molecule has 3 heterocycles. The second-order valence-corrected chi connectivity index (χ2v) is 11.2. The highest BCUT2D eigenvalue weighted by Crippen LogP contribution is 2.36. The smallest absolute Gasteiger partial charge is 0.422 e. The molecule has 0 aliphatic carbocycles. The maximum atomic E-state index is 13.3. The molecular formula is C21H18ClF6N5O3S. The van der Waals surface area contributed by atoms with Gasteiger partial charge in [-0.25, -0.2) is 18.4 Å². The van der Waals surface area contributed by atoms with E-state index >= 15 is 0 Å². The van der Waals surface area contributed by atoms with E-state index in [1.807, 2.05) is 0 Å². The lowest BCUT2D eigenvalue weighted by atomic mass is 10.2. The number of aromatic nitrogens is 2. The first-order valence-corrected chi connectivity index (χ1v) is 12.7. The summed E-state index contributed by atoms with van der Waals surface area (Å²) >= 11 is 6.07. The van der Waals surface area contributed by atoms with Gasteiger partial charge in [-0.1, -0.05) is 11.6 Å². The number of anilines is 1. The first-order valence-electron chi connectivity index (χ1n) is 10.7. The van der Waals surface area contributed by atoms with Gasteiger partial charge in [0.05, 0.1) is 27.4 Å². The Bertz CT molecular complexity index is 1350. The predicted octanol–water partition coefficient (Wildman–Crippen LogP) is 3.87. The van der Waals surface area contributed by atoms with Crippen LogP contribution in [0.25, 0.3) is 0 Å². The fraction of sp³-hybridized carbons (Fsp3) is 0.476. The largest absolute Gasteiger partial charge is 0.484 e. The molecule has 4 rings (SSSR count). The minimum Gasteiger partial charge on any atom is -0.484 e. The average molecular weight is 570 g/mol. The highest BCUT2D eigenvalue weighted by Gasteiger charge is 2.40. The number of sulfone groups is 1. The number of hydrogen-bond donors (Lipinski definition) is 0. The number of fused-ring (bicyclic) bond motifs is 1. The number of benzene rings is 1. The van der Waals surface area contributed by atoms with Crippen LogP contribution in [0, 0.1) is 11.3 Å². The molecule has 0 spiro atoms. The third-order valence-corrected chi connectivity index (χ3v) is 8.48. The molecule has 0 N–H and O–H groups in total. The standard InChI is InChI=1S/C21H18ClF6N5O3S/c22-15-5-12(36-11-21(26,27)28)1-2-17(15)37(34,35)13-3-4-33(7-13)19-14-8-32(10-20(23,24)25)9-16(14)30-18(6-29)31-19/h1-2,5,13H,3-4,7-11H2. The van der Waals surface area contributed by atoms with E-state index in [1.165, 1.54) is 0 Å². The SMILES string of the molecule is N#Cc1nc2c(c(N3CCC(S(=O)(=O)c4ccc(OCC(F)(F)F)cc4Cl)C3)n1)CN(CC(F)(F)F)C2. The Kier molecular flexibility index (Phi) is 7.21. The van der Waals surface area contributed by atoms with Crippen LogP contribution >= 0.6 is 11.6 Å². The molecule has 0 amide bonds. The Morgan fingerprint density at radius 3 is 2.49 bits per heavy atom. The fourth-order valence-corrected chi connectivity index (χ4v) is 6.53. The minimum atomic E-state index is -4.58. The highest BCUT2D eigenvalue weighted by molar-refractivity contribution is 7.92. The van der Waals surface area contributed by atoms with Crippen LogP contribution in [0.1, 0.15) is 23.5 Å². The van der Waals surface area contributed by atoms with E-state index in [-0.39, 0.29) is 65.6 Å². The molecule has 37 heavy (non-hydrogen) atoms. The van der Waals surface area contributed by atoms with Crippen molar-refractivity contribution in [2.24, 2.45) is 0 Å². The van der Waals surface area contributed by atoms with Crippen molar-refractivity contribution in [2.75, 3.05) is 31.1 Å². The van der Waals surface area contributed by atoms with Gasteiger partial charge in [-0.05, 0) is 18.6 Å². The molecule has 1 aromatic carbocycles. The molecule has 16 heteroatoms. The summed E-state index contributed by atoms with van der Waals surface area (Å²) in [6, 6.07) is 4.90. The first-order chi connectivity index (χ1) is 17.2. The molecule has 0 bridgehead atoms. The van der Waals surface area contributed by atoms with E-state index in [0.717, 1.165) is 23.1 Å². The number of hydrogen-bond acceptors (Lipinski definition) is 8. The van der Waals surface area contributed by atoms with Crippen LogP contribution in [0.3, 0.4) is 0 Å². The van der Waals surface area contributed by atoms with E-state index in [1.54, 1.807) is 11.0 Å². The topological polar surface area (TPSA) is 99.4 Å². The third kappa shape index (κ3) is 6.19. The molecule has 8 nitrogen and oxygen atoms in total. The van der Waals surface area contributed by atoms with Crippen molar-refractivity contribution < 1.29 is 39.5 Å². The quantitative estimate of drug-likeness (QED) is 0.484. The number of halogens is 7. The Morgan fingerprint density at radius 1 is 1.14 bits per heavy atom. The van der Waals surface area contributed by atoms with Gasteiger partial charge in [-0.15, -0.1) is 0 Å². The maximum Gasteiger partial charge on any atom is 0.422 e. The summed E-state index contributed by atoms with van der Waals surface area (Å²) < 4.78 is 107. The summed E-state index contributed by atoms with van der Waals surface area (Å²) in [5, 5.41) is 7.98. The number of nitrogens with zero attached hydrogens (tertiary/aromatic N) is 5. The van der Waals surface area contributed by atoms with Crippen LogP contribution in [0.2, 0.25) is 5.02 Å². The molecule has 1 saturated heterocycles. The molecule has 1 aromatic heterocycles. The van der Waals surface area contributed by atoms with Crippen LogP contribution in [0.4, 0.5) is 32.2 Å². The monoisotopic (exact) mass is 569 g/mol. The Balaban J connectivity index is 1.54. The van der Waals surface area contributed by atoms with E-state index < -0.39 is 40.6 Å². The summed E-state index contributed by atoms with van der Waals surface area (Å²) in [4.78, 5) is 10.6. The van der Waals surface area contributed by atoms with Gasteiger partial charge < -0.3 is 9.64 Å². The Hall–Kier alpha value is -2.83. The van der Waals surface area contributed by atoms with Gasteiger partial charge in [0.25, 0.3) is 0 Å². The van der Waals surface area contributed by atoms with Crippen molar-refractivity contribution in [1.29, 1.82) is 5.26 Å². The molecule has 1 fully saturated rings. The lowest BCUT2D eigenvalue weighted by Crippen LogP contribution is -2.30. The number of rotatable bonds is 6. The molecular weight excluding hydrogens is 552 g/mol. The first kappa shape index (κ1) is 27.2. The lowest BCUT2D eigenvalue weighted by Gasteiger charge is -2.21. The van der Waals surface area contributed by atoms with Crippen LogP contribution in [0.5, 0.6) is 5.75 Å². The van der Waals surface area contributed by atoms with Gasteiger partial charge in [0.2, 0.25) is 5.82 Å². The molecule has 0 saturated carbocycles. The molecule has 2 aliphatic rings. The van der Waals surface area contributed by atoms with Gasteiger partial charge in [0, 0.05) is 37.8 Å². The van der Waals surface area contributed by atoms with Gasteiger partial charge in [0.15, 0.2) is 16.4 Å². The van der Waals surface area contributed by atoms with Crippen molar-refractivity contribution >= 4 is 27.3 Å². The number of alkyl halides is 6. The third-order valence-electron chi connectivity index (χ3n) is 5.82. The average Bonchev–Trinajstić information content (AvgIpc) is 3.42. The highest BCUT2D eigenvalue weighted by atomic mass is 35.5. The summed E-state index contributed by atoms with van der Waals surface area (Å²) in [6.45, 7) is -2.90. The maximum absolute atomic E-state index is 13.3. The van der Waals surface area contributed by atoms with E-state index in [4.69, 9.17) is 11.6 Å². The van der Waals surface area contributed by atoms with E-state index in [9.17, 15) is 40.0 Å². The van der Waals surface area contributed by atoms with Gasteiger partial charge >= 0.3 is 12.4 Å². The van der Waals surface area contributed by atoms with Gasteiger partial charge in [0.1, 0.15) is 17.6 Å². The molecule has 2 aliphatic heterocycles. The van der Waals surface area contributed by atoms with E-state index in [0.29, 0.717) is 5.56 Å². The number of ether oxygens (including phenoxy) is 1. The molecule has 1 unspecified atom stereocenters. The summed E-state index contributed by atoms with van der Waals surface area (Å²) in [5.74, 6) is -0.296. The Labute approximate surface area is 212 Å². The normalized spacial score (nSPS) is 18.6. The molecule has 0 radical (unpaired) electrons. The minimum absolute atomic E-state index is 0.0847. The van der Waals surface area contributed by atoms with Crippen LogP contribution in [-0.2, 0) is 22.9 Å². The Morgan fingerprint density at radius 2 is 1.86 bits per heavy atom. The van der Waals surface area contributed by atoms with Crippen molar-refractivity contribution in [2.45, 2.75) is 42.0 Å². The zero-order chi connectivity index (χ0) is 27.2. The van der Waals surface area contributed by atoms with Crippen LogP contribution in [0.15, 0.2) is 23.1 Å². The van der Waals surface area contributed by atoms with Gasteiger partial charge in [-0.2, -0.15) is 31.6 Å². The van der Waals surface area contributed by atoms with Crippen molar-refractivity contribution in [3.05, 3.63) is 40.3 Å². The second kappa shape index (κ2) is 9.80. The molecule has 200 valence electrons. The van der Waals surface area contributed by atoms with Crippen molar-refractivity contribution in [1.82, 2.24) is 14.9 Å². The van der Waals surface area contributed by atoms with Crippen LogP contribution < -0.4 is 9.64 Å². The van der Waals surface area contributed by atoms with Gasteiger partial charge in [-0.3, -0.25) is 4.90 Å². The predicted molar refractivity (Wildman–Crippen MR) is 118 cm³/mol. The zero-order valence-corrected chi connectivity index (χ0v) is 20.3. The summed E-state index contributed by atoms with van der Waals surface area (Å²) in [5.41, 5.74) is 0.667. The van der Waals surface area contributed by atoms with Crippen molar-refractivity contribution in [3.8, 4) is 11.8 Å². The summed E-state index contributed by atoms with van der Waals surface area (Å²) in [7, 11) is -4.05. The van der Waals surface area contributed by atoms with Crippen LogP contribution in [-0.4, -0.2) is 67.1 Å². The van der Waals surface area contributed by atoms with Crippen molar-refractivity contribution in [3.63, 3.8) is 0 Å². The van der Waals surface area contributed by atoms with E-state index in [2.05, 4.69) is 14.7 Å². The molecule has 2 aromatic rings. The summed E-state index contributed by atoms with van der Waals surface area (Å²) in [6.07, 6.45) is -8.90.